The van der Waals surface area contributed by atoms with Crippen LogP contribution < -0.4 is 20.7 Å². The number of ether oxygens (including phenoxy) is 1. The molecule has 1 heterocycles. The lowest BCUT2D eigenvalue weighted by atomic mass is 10.1. The summed E-state index contributed by atoms with van der Waals surface area (Å²) in [7, 11) is -1.39. The van der Waals surface area contributed by atoms with E-state index in [1.807, 2.05) is 36.4 Å². The van der Waals surface area contributed by atoms with Crippen molar-refractivity contribution in [1.82, 2.24) is 10.6 Å². The van der Waals surface area contributed by atoms with Gasteiger partial charge in [0.2, 0.25) is 0 Å². The first-order chi connectivity index (χ1) is 12.9. The molecule has 1 unspecified atom stereocenters. The molecule has 1 atom stereocenters. The van der Waals surface area contributed by atoms with Gasteiger partial charge >= 0.3 is 6.03 Å². The molecular weight excluding hydrogens is 366 g/mol. The summed E-state index contributed by atoms with van der Waals surface area (Å²) in [5, 5.41) is 8.77. The van der Waals surface area contributed by atoms with Gasteiger partial charge in [-0.1, -0.05) is 24.3 Å². The zero-order valence-corrected chi connectivity index (χ0v) is 15.9. The summed E-state index contributed by atoms with van der Waals surface area (Å²) in [6, 6.07) is 14.1. The third-order valence-electron chi connectivity index (χ3n) is 4.41. The average Bonchev–Trinajstić information content (AvgIpc) is 2.66. The minimum Gasteiger partial charge on any atom is -0.497 e. The molecule has 3 N–H and O–H groups in total. The van der Waals surface area contributed by atoms with Gasteiger partial charge in [-0.25, -0.2) is 13.2 Å². The van der Waals surface area contributed by atoms with Crippen LogP contribution in [0.2, 0.25) is 0 Å². The van der Waals surface area contributed by atoms with Gasteiger partial charge in [-0.15, -0.1) is 0 Å². The van der Waals surface area contributed by atoms with Crippen LogP contribution in [0, 0.1) is 0 Å². The van der Waals surface area contributed by atoms with Gasteiger partial charge in [0.1, 0.15) is 5.75 Å². The van der Waals surface area contributed by atoms with Crippen LogP contribution in [0.1, 0.15) is 17.2 Å². The molecule has 2 amide bonds. The molecule has 2 aromatic carbocycles. The summed E-state index contributed by atoms with van der Waals surface area (Å²) >= 11 is 0. The maximum absolute atomic E-state index is 12.0. The third kappa shape index (κ3) is 5.45. The van der Waals surface area contributed by atoms with E-state index in [0.29, 0.717) is 18.8 Å². The predicted molar refractivity (Wildman–Crippen MR) is 105 cm³/mol. The van der Waals surface area contributed by atoms with Gasteiger partial charge in [-0.2, -0.15) is 0 Å². The number of urea groups is 1. The predicted octanol–water partition coefficient (Wildman–Crippen LogP) is 2.08. The first kappa shape index (κ1) is 19.2. The minimum absolute atomic E-state index is 0.0993. The molecule has 1 aliphatic heterocycles. The standard InChI is InChI=1S/C19H23N3O4S/c1-26-17-8-2-14(3-9-17)12-21-19(23)22-16-6-4-15(5-7-16)18-13-27(24,25)11-10-20-18/h2-9,18,20H,10-13H2,1H3,(H2,21,22,23). The number of rotatable bonds is 5. The Labute approximate surface area is 159 Å². The summed E-state index contributed by atoms with van der Waals surface area (Å²) < 4.78 is 28.6. The van der Waals surface area contributed by atoms with Crippen LogP contribution in [0.4, 0.5) is 10.5 Å². The average molecular weight is 389 g/mol. The van der Waals surface area contributed by atoms with Gasteiger partial charge in [-0.3, -0.25) is 0 Å². The monoisotopic (exact) mass is 389 g/mol. The number of methoxy groups -OCH3 is 1. The van der Waals surface area contributed by atoms with Crippen LogP contribution >= 0.6 is 0 Å². The van der Waals surface area contributed by atoms with E-state index in [1.165, 1.54) is 0 Å². The molecule has 1 aliphatic rings. The Morgan fingerprint density at radius 1 is 1.15 bits per heavy atom. The van der Waals surface area contributed by atoms with Gasteiger partial charge < -0.3 is 20.7 Å². The summed E-state index contributed by atoms with van der Waals surface area (Å²) in [5.74, 6) is 1.04. The van der Waals surface area contributed by atoms with Crippen molar-refractivity contribution in [1.29, 1.82) is 0 Å². The zero-order chi connectivity index (χ0) is 19.3. The van der Waals surface area contributed by atoms with Crippen LogP contribution in [0.15, 0.2) is 48.5 Å². The molecule has 27 heavy (non-hydrogen) atoms. The fraction of sp³-hybridized carbons (Fsp3) is 0.316. The number of amides is 2. The van der Waals surface area contributed by atoms with E-state index in [2.05, 4.69) is 16.0 Å². The zero-order valence-electron chi connectivity index (χ0n) is 15.1. The molecule has 7 nitrogen and oxygen atoms in total. The molecule has 1 saturated heterocycles. The van der Waals surface area contributed by atoms with Gasteiger partial charge in [-0.05, 0) is 35.4 Å². The molecule has 0 radical (unpaired) electrons. The largest absolute Gasteiger partial charge is 0.497 e. The summed E-state index contributed by atoms with van der Waals surface area (Å²) in [6.45, 7) is 0.860. The number of carbonyl (C=O) groups excluding carboxylic acids is 1. The summed E-state index contributed by atoms with van der Waals surface area (Å²) in [4.78, 5) is 12.0. The Balaban J connectivity index is 1.52. The molecular formula is C19H23N3O4S. The Hall–Kier alpha value is -2.58. The lowest BCUT2D eigenvalue weighted by Gasteiger charge is -2.24. The lowest BCUT2D eigenvalue weighted by Crippen LogP contribution is -2.39. The highest BCUT2D eigenvalue weighted by Crippen LogP contribution is 2.20. The topological polar surface area (TPSA) is 96.5 Å². The SMILES string of the molecule is COc1ccc(CNC(=O)Nc2ccc(C3CS(=O)(=O)CCN3)cc2)cc1. The van der Waals surface area contributed by atoms with Crippen molar-refractivity contribution in [3.8, 4) is 5.75 Å². The fourth-order valence-electron chi connectivity index (χ4n) is 2.90. The fourth-order valence-corrected chi connectivity index (χ4v) is 4.31. The van der Waals surface area contributed by atoms with Crippen molar-refractivity contribution in [2.45, 2.75) is 12.6 Å². The van der Waals surface area contributed by atoms with E-state index >= 15 is 0 Å². The van der Waals surface area contributed by atoms with E-state index < -0.39 is 9.84 Å². The summed E-state index contributed by atoms with van der Waals surface area (Å²) in [6.07, 6.45) is 0. The highest BCUT2D eigenvalue weighted by atomic mass is 32.2. The number of nitrogens with one attached hydrogen (secondary N) is 3. The second kappa shape index (κ2) is 8.41. The van der Waals surface area contributed by atoms with E-state index in [0.717, 1.165) is 16.9 Å². The number of hydrogen-bond donors (Lipinski definition) is 3. The summed E-state index contributed by atoms with van der Waals surface area (Å²) in [5.41, 5.74) is 2.50. The second-order valence-corrected chi connectivity index (χ2v) is 8.63. The van der Waals surface area contributed by atoms with Crippen molar-refractivity contribution in [3.05, 3.63) is 59.7 Å². The third-order valence-corrected chi connectivity index (χ3v) is 6.07. The van der Waals surface area contributed by atoms with Crippen LogP contribution in [-0.2, 0) is 16.4 Å². The molecule has 0 saturated carbocycles. The van der Waals surface area contributed by atoms with Crippen molar-refractivity contribution < 1.29 is 17.9 Å². The molecule has 0 aliphatic carbocycles. The molecule has 0 bridgehead atoms. The second-order valence-electron chi connectivity index (χ2n) is 6.40. The van der Waals surface area contributed by atoms with Crippen LogP contribution in [0.5, 0.6) is 5.75 Å². The van der Waals surface area contributed by atoms with E-state index in [1.54, 1.807) is 19.2 Å². The Bertz CT molecular complexity index is 880. The van der Waals surface area contributed by atoms with Crippen molar-refractivity contribution in [2.24, 2.45) is 0 Å². The molecule has 2 aromatic rings. The van der Waals surface area contributed by atoms with Crippen LogP contribution in [0.25, 0.3) is 0 Å². The number of hydrogen-bond acceptors (Lipinski definition) is 5. The number of anilines is 1. The molecule has 144 valence electrons. The normalized spacial score (nSPS) is 18.5. The minimum atomic E-state index is -3.00. The molecule has 1 fully saturated rings. The van der Waals surface area contributed by atoms with Gasteiger partial charge in [0, 0.05) is 24.8 Å². The van der Waals surface area contributed by atoms with Crippen LogP contribution in [0.3, 0.4) is 0 Å². The Kier molecular flexibility index (Phi) is 5.98. The first-order valence-electron chi connectivity index (χ1n) is 8.67. The van der Waals surface area contributed by atoms with Crippen molar-refractivity contribution in [2.75, 3.05) is 30.5 Å². The quantitative estimate of drug-likeness (QED) is 0.728. The maximum atomic E-state index is 12.0. The van der Waals surface area contributed by atoms with E-state index in [4.69, 9.17) is 4.74 Å². The number of sulfone groups is 1. The van der Waals surface area contributed by atoms with E-state index in [9.17, 15) is 13.2 Å². The highest BCUT2D eigenvalue weighted by Gasteiger charge is 2.25. The van der Waals surface area contributed by atoms with Gasteiger partial charge in [0.05, 0.1) is 18.6 Å². The van der Waals surface area contributed by atoms with Crippen LogP contribution in [-0.4, -0.2) is 39.6 Å². The van der Waals surface area contributed by atoms with Gasteiger partial charge in [0.25, 0.3) is 0 Å². The first-order valence-corrected chi connectivity index (χ1v) is 10.5. The smallest absolute Gasteiger partial charge is 0.319 e. The highest BCUT2D eigenvalue weighted by molar-refractivity contribution is 7.91. The molecule has 3 rings (SSSR count). The Morgan fingerprint density at radius 2 is 1.85 bits per heavy atom. The number of benzene rings is 2. The number of carbonyl (C=O) groups is 1. The molecule has 0 aromatic heterocycles. The molecule has 0 spiro atoms. The lowest BCUT2D eigenvalue weighted by molar-refractivity contribution is 0.251. The van der Waals surface area contributed by atoms with E-state index in [-0.39, 0.29) is 23.6 Å². The van der Waals surface area contributed by atoms with Crippen molar-refractivity contribution in [3.63, 3.8) is 0 Å². The maximum Gasteiger partial charge on any atom is 0.319 e. The molecule has 8 heteroatoms. The van der Waals surface area contributed by atoms with Crippen molar-refractivity contribution >= 4 is 21.6 Å². The Morgan fingerprint density at radius 3 is 2.48 bits per heavy atom. The van der Waals surface area contributed by atoms with Gasteiger partial charge in [0.15, 0.2) is 9.84 Å².